The zero-order valence-corrected chi connectivity index (χ0v) is 11.5. The van der Waals surface area contributed by atoms with Gasteiger partial charge in [0.25, 0.3) is 0 Å². The summed E-state index contributed by atoms with van der Waals surface area (Å²) in [5, 5.41) is 2.73. The molecule has 1 heterocycles. The van der Waals surface area contributed by atoms with E-state index in [4.69, 9.17) is 5.73 Å². The highest BCUT2D eigenvalue weighted by Crippen LogP contribution is 2.40. The van der Waals surface area contributed by atoms with Crippen LogP contribution in [0.25, 0.3) is 0 Å². The predicted molar refractivity (Wildman–Crippen MR) is 71.3 cm³/mol. The summed E-state index contributed by atoms with van der Waals surface area (Å²) < 4.78 is 22.5. The van der Waals surface area contributed by atoms with E-state index in [0.29, 0.717) is 12.2 Å². The minimum absolute atomic E-state index is 0.0114. The number of rotatable bonds is 4. The minimum atomic E-state index is -3.32. The molecule has 0 aromatic carbocycles. The molecule has 0 saturated heterocycles. The zero-order chi connectivity index (χ0) is 14.1. The van der Waals surface area contributed by atoms with E-state index in [1.807, 2.05) is 0 Å². The van der Waals surface area contributed by atoms with Crippen molar-refractivity contribution in [3.63, 3.8) is 0 Å². The normalized spacial score (nSPS) is 17.6. The Morgan fingerprint density at radius 1 is 1.47 bits per heavy atom. The lowest BCUT2D eigenvalue weighted by atomic mass is 9.68. The van der Waals surface area contributed by atoms with Gasteiger partial charge >= 0.3 is 0 Å². The number of nitrogens with one attached hydrogen (secondary N) is 1. The van der Waals surface area contributed by atoms with Crippen LogP contribution < -0.4 is 11.1 Å². The highest BCUT2D eigenvalue weighted by Gasteiger charge is 2.42. The molecule has 7 heteroatoms. The fourth-order valence-electron chi connectivity index (χ4n) is 2.06. The van der Waals surface area contributed by atoms with Crippen molar-refractivity contribution in [2.75, 3.05) is 18.1 Å². The molecule has 0 atom stereocenters. The van der Waals surface area contributed by atoms with Crippen molar-refractivity contribution in [3.05, 3.63) is 18.3 Å². The Morgan fingerprint density at radius 3 is 2.53 bits per heavy atom. The van der Waals surface area contributed by atoms with Gasteiger partial charge in [-0.2, -0.15) is 0 Å². The first-order chi connectivity index (χ1) is 8.87. The van der Waals surface area contributed by atoms with Crippen LogP contribution in [0.4, 0.5) is 5.69 Å². The number of nitrogens with two attached hydrogens (primary N) is 1. The van der Waals surface area contributed by atoms with E-state index in [2.05, 4.69) is 10.3 Å². The second-order valence-electron chi connectivity index (χ2n) is 4.95. The van der Waals surface area contributed by atoms with Crippen LogP contribution in [-0.2, 0) is 14.6 Å². The van der Waals surface area contributed by atoms with Crippen LogP contribution in [0, 0.1) is 5.41 Å². The summed E-state index contributed by atoms with van der Waals surface area (Å²) in [6.45, 7) is 0.327. The monoisotopic (exact) mass is 283 g/mol. The molecule has 3 N–H and O–H groups in total. The van der Waals surface area contributed by atoms with Gasteiger partial charge in [0.05, 0.1) is 17.3 Å². The molecule has 0 aliphatic heterocycles. The third-order valence-electron chi connectivity index (χ3n) is 3.56. The average Bonchev–Trinajstić information content (AvgIpc) is 2.27. The summed E-state index contributed by atoms with van der Waals surface area (Å²) in [5.41, 5.74) is 5.67. The molecule has 1 aromatic rings. The second-order valence-corrected chi connectivity index (χ2v) is 6.91. The molecule has 1 fully saturated rings. The lowest BCUT2D eigenvalue weighted by Crippen LogP contribution is -2.47. The van der Waals surface area contributed by atoms with Gasteiger partial charge in [0.2, 0.25) is 5.91 Å². The van der Waals surface area contributed by atoms with Crippen LogP contribution in [0.3, 0.4) is 0 Å². The van der Waals surface area contributed by atoms with Crippen molar-refractivity contribution < 1.29 is 13.2 Å². The summed E-state index contributed by atoms with van der Waals surface area (Å²) in [6, 6.07) is 2.91. The Balaban J connectivity index is 2.10. The molecule has 6 nitrogen and oxygen atoms in total. The van der Waals surface area contributed by atoms with E-state index in [-0.39, 0.29) is 10.9 Å². The van der Waals surface area contributed by atoms with Crippen LogP contribution in [-0.4, -0.2) is 32.1 Å². The maximum Gasteiger partial charge on any atom is 0.231 e. The quantitative estimate of drug-likeness (QED) is 0.840. The Bertz CT molecular complexity index is 571. The van der Waals surface area contributed by atoms with Crippen molar-refractivity contribution in [1.29, 1.82) is 0 Å². The summed E-state index contributed by atoms with van der Waals surface area (Å²) in [7, 11) is -3.32. The van der Waals surface area contributed by atoms with Crippen LogP contribution in [0.2, 0.25) is 0 Å². The van der Waals surface area contributed by atoms with Gasteiger partial charge in [0, 0.05) is 12.8 Å². The minimum Gasteiger partial charge on any atom is -0.329 e. The van der Waals surface area contributed by atoms with Gasteiger partial charge in [0.1, 0.15) is 0 Å². The fraction of sp³-hybridized carbons (Fsp3) is 0.500. The van der Waals surface area contributed by atoms with E-state index >= 15 is 0 Å². The summed E-state index contributed by atoms with van der Waals surface area (Å²) >= 11 is 0. The molecule has 1 amide bonds. The number of nitrogens with zero attached hydrogens (tertiary/aromatic N) is 1. The fourth-order valence-corrected chi connectivity index (χ4v) is 2.62. The van der Waals surface area contributed by atoms with E-state index in [1.54, 1.807) is 0 Å². The second kappa shape index (κ2) is 4.90. The maximum absolute atomic E-state index is 12.1. The lowest BCUT2D eigenvalue weighted by Gasteiger charge is -2.38. The number of carbonyl (C=O) groups is 1. The van der Waals surface area contributed by atoms with E-state index in [9.17, 15) is 13.2 Å². The Morgan fingerprint density at radius 2 is 2.16 bits per heavy atom. The van der Waals surface area contributed by atoms with E-state index < -0.39 is 15.3 Å². The number of amides is 1. The third-order valence-corrected chi connectivity index (χ3v) is 4.56. The highest BCUT2D eigenvalue weighted by molar-refractivity contribution is 7.90. The average molecular weight is 283 g/mol. The van der Waals surface area contributed by atoms with Crippen molar-refractivity contribution in [2.45, 2.75) is 24.3 Å². The van der Waals surface area contributed by atoms with Gasteiger partial charge in [-0.1, -0.05) is 6.42 Å². The number of hydrogen-bond donors (Lipinski definition) is 2. The topological polar surface area (TPSA) is 102 Å². The van der Waals surface area contributed by atoms with Crippen molar-refractivity contribution in [1.82, 2.24) is 4.98 Å². The number of pyridine rings is 1. The van der Waals surface area contributed by atoms with Crippen LogP contribution in [0.1, 0.15) is 19.3 Å². The summed E-state index contributed by atoms with van der Waals surface area (Å²) in [4.78, 5) is 15.9. The number of carbonyl (C=O) groups excluding carboxylic acids is 1. The van der Waals surface area contributed by atoms with Gasteiger partial charge in [-0.25, -0.2) is 13.4 Å². The Hall–Kier alpha value is -1.47. The highest BCUT2D eigenvalue weighted by atomic mass is 32.2. The molecule has 1 aliphatic rings. The Labute approximate surface area is 112 Å². The smallest absolute Gasteiger partial charge is 0.231 e. The SMILES string of the molecule is CS(=O)(=O)c1ccc(NC(=O)C2(CN)CCC2)cn1. The first-order valence-corrected chi connectivity index (χ1v) is 7.94. The molecular weight excluding hydrogens is 266 g/mol. The number of sulfone groups is 1. The first-order valence-electron chi connectivity index (χ1n) is 6.05. The van der Waals surface area contributed by atoms with Crippen molar-refractivity contribution in [2.24, 2.45) is 11.1 Å². The van der Waals surface area contributed by atoms with Gasteiger partial charge in [0.15, 0.2) is 14.9 Å². The number of hydrogen-bond acceptors (Lipinski definition) is 5. The Kier molecular flexibility index (Phi) is 3.60. The zero-order valence-electron chi connectivity index (χ0n) is 10.7. The van der Waals surface area contributed by atoms with Crippen LogP contribution in [0.15, 0.2) is 23.4 Å². The molecule has 0 bridgehead atoms. The van der Waals surface area contributed by atoms with Crippen molar-refractivity contribution in [3.8, 4) is 0 Å². The summed E-state index contributed by atoms with van der Waals surface area (Å²) in [5.74, 6) is -0.116. The number of anilines is 1. The van der Waals surface area contributed by atoms with Gasteiger partial charge in [-0.3, -0.25) is 4.79 Å². The molecule has 0 spiro atoms. The molecule has 0 unspecified atom stereocenters. The molecule has 1 aliphatic carbocycles. The molecule has 1 saturated carbocycles. The van der Waals surface area contributed by atoms with Gasteiger partial charge < -0.3 is 11.1 Å². The standard InChI is InChI=1S/C12H17N3O3S/c1-19(17,18)10-4-3-9(7-14-10)15-11(16)12(8-13)5-2-6-12/h3-4,7H,2,5-6,8,13H2,1H3,(H,15,16). The van der Waals surface area contributed by atoms with E-state index in [1.165, 1.54) is 18.3 Å². The molecule has 0 radical (unpaired) electrons. The predicted octanol–water partition coefficient (Wildman–Crippen LogP) is 0.553. The van der Waals surface area contributed by atoms with Crippen LogP contribution >= 0.6 is 0 Å². The lowest BCUT2D eigenvalue weighted by molar-refractivity contribution is -0.129. The molecule has 2 rings (SSSR count). The molecule has 19 heavy (non-hydrogen) atoms. The maximum atomic E-state index is 12.1. The van der Waals surface area contributed by atoms with E-state index in [0.717, 1.165) is 25.5 Å². The third kappa shape index (κ3) is 2.76. The summed E-state index contributed by atoms with van der Waals surface area (Å²) in [6.07, 6.45) is 5.03. The molecule has 1 aromatic heterocycles. The first kappa shape index (κ1) is 14.0. The van der Waals surface area contributed by atoms with Crippen LogP contribution in [0.5, 0.6) is 0 Å². The molecule has 104 valence electrons. The number of aromatic nitrogens is 1. The van der Waals surface area contributed by atoms with Crippen molar-refractivity contribution >= 4 is 21.4 Å². The van der Waals surface area contributed by atoms with Gasteiger partial charge in [-0.05, 0) is 25.0 Å². The largest absolute Gasteiger partial charge is 0.329 e. The van der Waals surface area contributed by atoms with Gasteiger partial charge in [-0.15, -0.1) is 0 Å². The molecular formula is C12H17N3O3S.